The fourth-order valence-corrected chi connectivity index (χ4v) is 2.48. The average Bonchev–Trinajstić information content (AvgIpc) is 2.56. The molecule has 0 unspecified atom stereocenters. The van der Waals surface area contributed by atoms with Crippen molar-refractivity contribution in [2.75, 3.05) is 16.5 Å². The number of nitrogens with two attached hydrogens (primary N) is 1. The van der Waals surface area contributed by atoms with Gasteiger partial charge < -0.3 is 16.5 Å². The molecule has 24 heavy (non-hydrogen) atoms. The second-order valence-corrected chi connectivity index (χ2v) is 5.34. The standard InChI is InChI=1S/C17H18N6O/c1-11(24)21-13-7-3-2-6-12(13)10-20-23-15-9-5-4-8-14(15)22-16(18)17(23)19/h2-9,19-20H,10H2,1H3,(H2,18,22)(H,21,24). The maximum atomic E-state index is 11.3. The Morgan fingerprint density at radius 2 is 1.92 bits per heavy atom. The molecule has 0 spiro atoms. The first-order valence-electron chi connectivity index (χ1n) is 7.47. The second kappa shape index (κ2) is 6.41. The van der Waals surface area contributed by atoms with Gasteiger partial charge in [0.15, 0.2) is 11.3 Å². The number of carbonyl (C=O) groups is 1. The molecule has 7 heteroatoms. The third kappa shape index (κ3) is 3.05. The molecule has 2 aromatic carbocycles. The lowest BCUT2D eigenvalue weighted by atomic mass is 10.2. The van der Waals surface area contributed by atoms with Crippen molar-refractivity contribution < 1.29 is 4.79 Å². The highest BCUT2D eigenvalue weighted by molar-refractivity contribution is 5.89. The van der Waals surface area contributed by atoms with Gasteiger partial charge in [-0.1, -0.05) is 30.3 Å². The van der Waals surface area contributed by atoms with Crippen LogP contribution in [0.15, 0.2) is 48.5 Å². The molecule has 1 heterocycles. The van der Waals surface area contributed by atoms with E-state index >= 15 is 0 Å². The molecular weight excluding hydrogens is 304 g/mol. The van der Waals surface area contributed by atoms with E-state index in [2.05, 4.69) is 15.7 Å². The van der Waals surface area contributed by atoms with E-state index in [1.54, 1.807) is 4.68 Å². The number of benzene rings is 2. The first kappa shape index (κ1) is 15.5. The summed E-state index contributed by atoms with van der Waals surface area (Å²) in [5.41, 5.74) is 12.2. The monoisotopic (exact) mass is 322 g/mol. The van der Waals surface area contributed by atoms with Crippen LogP contribution in [-0.2, 0) is 11.3 Å². The van der Waals surface area contributed by atoms with Crippen LogP contribution in [0, 0.1) is 5.41 Å². The summed E-state index contributed by atoms with van der Waals surface area (Å²) in [5, 5.41) is 11.0. The Bertz CT molecular complexity index is 963. The Labute approximate surface area is 138 Å². The molecule has 1 amide bonds. The number of para-hydroxylation sites is 3. The van der Waals surface area contributed by atoms with Crippen LogP contribution in [0.2, 0.25) is 0 Å². The molecule has 0 saturated heterocycles. The lowest BCUT2D eigenvalue weighted by Crippen LogP contribution is -2.32. The summed E-state index contributed by atoms with van der Waals surface area (Å²) in [6.45, 7) is 1.89. The van der Waals surface area contributed by atoms with Gasteiger partial charge in [0.1, 0.15) is 0 Å². The SMILES string of the molecule is CC(=O)Nc1ccccc1CNn1c(=N)c(N)nc2ccccc21. The quantitative estimate of drug-likeness (QED) is 0.587. The highest BCUT2D eigenvalue weighted by atomic mass is 16.1. The van der Waals surface area contributed by atoms with Gasteiger partial charge in [-0.2, -0.15) is 0 Å². The molecule has 7 nitrogen and oxygen atoms in total. The number of carbonyl (C=O) groups excluding carboxylic acids is 1. The maximum Gasteiger partial charge on any atom is 0.221 e. The number of amides is 1. The third-order valence-corrected chi connectivity index (χ3v) is 3.59. The fourth-order valence-electron chi connectivity index (χ4n) is 2.48. The lowest BCUT2D eigenvalue weighted by molar-refractivity contribution is -0.114. The van der Waals surface area contributed by atoms with Gasteiger partial charge in [0.2, 0.25) is 5.91 Å². The minimum Gasteiger partial charge on any atom is -0.381 e. The Kier molecular flexibility index (Phi) is 4.15. The number of hydrogen-bond acceptors (Lipinski definition) is 5. The van der Waals surface area contributed by atoms with Gasteiger partial charge in [-0.15, -0.1) is 0 Å². The van der Waals surface area contributed by atoms with Crippen LogP contribution in [0.5, 0.6) is 0 Å². The van der Waals surface area contributed by atoms with Crippen molar-refractivity contribution in [3.05, 3.63) is 59.6 Å². The number of hydrogen-bond donors (Lipinski definition) is 4. The summed E-state index contributed by atoms with van der Waals surface area (Å²) in [4.78, 5) is 15.5. The Hall–Kier alpha value is -3.35. The van der Waals surface area contributed by atoms with Crippen molar-refractivity contribution in [2.45, 2.75) is 13.5 Å². The van der Waals surface area contributed by atoms with Crippen molar-refractivity contribution in [1.82, 2.24) is 9.66 Å². The van der Waals surface area contributed by atoms with Gasteiger partial charge in [0, 0.05) is 12.6 Å². The van der Waals surface area contributed by atoms with Crippen LogP contribution < -0.4 is 22.0 Å². The summed E-state index contributed by atoms with van der Waals surface area (Å²) >= 11 is 0. The molecule has 0 atom stereocenters. The first-order chi connectivity index (χ1) is 11.6. The summed E-state index contributed by atoms with van der Waals surface area (Å²) in [7, 11) is 0. The van der Waals surface area contributed by atoms with Crippen LogP contribution in [0.25, 0.3) is 11.0 Å². The van der Waals surface area contributed by atoms with Crippen molar-refractivity contribution in [1.29, 1.82) is 5.41 Å². The maximum absolute atomic E-state index is 11.3. The van der Waals surface area contributed by atoms with E-state index in [1.165, 1.54) is 6.92 Å². The molecule has 3 aromatic rings. The predicted molar refractivity (Wildman–Crippen MR) is 93.8 cm³/mol. The van der Waals surface area contributed by atoms with Crippen LogP contribution in [0.4, 0.5) is 11.5 Å². The molecule has 0 saturated carbocycles. The van der Waals surface area contributed by atoms with Crippen molar-refractivity contribution >= 4 is 28.4 Å². The Morgan fingerprint density at radius 1 is 1.21 bits per heavy atom. The minimum absolute atomic E-state index is 0.0886. The van der Waals surface area contributed by atoms with E-state index in [9.17, 15) is 4.79 Å². The highest BCUT2D eigenvalue weighted by Gasteiger charge is 2.07. The minimum atomic E-state index is -0.130. The molecule has 122 valence electrons. The van der Waals surface area contributed by atoms with Crippen molar-refractivity contribution in [2.24, 2.45) is 0 Å². The largest absolute Gasteiger partial charge is 0.381 e. The Balaban J connectivity index is 1.96. The van der Waals surface area contributed by atoms with Crippen LogP contribution >= 0.6 is 0 Å². The number of fused-ring (bicyclic) bond motifs is 1. The van der Waals surface area contributed by atoms with Crippen LogP contribution in [-0.4, -0.2) is 15.6 Å². The number of rotatable bonds is 4. The van der Waals surface area contributed by atoms with Gasteiger partial charge in [-0.25, -0.2) is 9.66 Å². The summed E-state index contributed by atoms with van der Waals surface area (Å²) in [5.74, 6) is 0.0197. The van der Waals surface area contributed by atoms with Crippen molar-refractivity contribution in [3.63, 3.8) is 0 Å². The lowest BCUT2D eigenvalue weighted by Gasteiger charge is -2.16. The predicted octanol–water partition coefficient (Wildman–Crippen LogP) is 1.80. The van der Waals surface area contributed by atoms with Gasteiger partial charge in [-0.05, 0) is 23.8 Å². The molecule has 3 rings (SSSR count). The van der Waals surface area contributed by atoms with Crippen LogP contribution in [0.1, 0.15) is 12.5 Å². The molecule has 0 bridgehead atoms. The fraction of sp³-hybridized carbons (Fsp3) is 0.118. The first-order valence-corrected chi connectivity index (χ1v) is 7.47. The van der Waals surface area contributed by atoms with Gasteiger partial charge in [-0.3, -0.25) is 10.2 Å². The topological polar surface area (TPSA) is 109 Å². The third-order valence-electron chi connectivity index (χ3n) is 3.59. The van der Waals surface area contributed by atoms with E-state index in [0.717, 1.165) is 16.8 Å². The van der Waals surface area contributed by atoms with Gasteiger partial charge in [0.05, 0.1) is 17.6 Å². The van der Waals surface area contributed by atoms with E-state index < -0.39 is 0 Å². The van der Waals surface area contributed by atoms with Gasteiger partial charge >= 0.3 is 0 Å². The molecule has 0 radical (unpaired) electrons. The van der Waals surface area contributed by atoms with Crippen molar-refractivity contribution in [3.8, 4) is 0 Å². The average molecular weight is 322 g/mol. The molecule has 0 aliphatic rings. The van der Waals surface area contributed by atoms with E-state index in [1.807, 2.05) is 48.5 Å². The number of nitrogens with zero attached hydrogens (tertiary/aromatic N) is 2. The van der Waals surface area contributed by atoms with E-state index in [-0.39, 0.29) is 17.2 Å². The zero-order valence-corrected chi connectivity index (χ0v) is 13.2. The van der Waals surface area contributed by atoms with E-state index in [0.29, 0.717) is 12.1 Å². The Morgan fingerprint density at radius 3 is 2.71 bits per heavy atom. The summed E-state index contributed by atoms with van der Waals surface area (Å²) < 4.78 is 1.60. The summed E-state index contributed by atoms with van der Waals surface area (Å²) in [6.07, 6.45) is 0. The number of aromatic nitrogens is 2. The van der Waals surface area contributed by atoms with Crippen LogP contribution in [0.3, 0.4) is 0 Å². The highest BCUT2D eigenvalue weighted by Crippen LogP contribution is 2.16. The molecular formula is C17H18N6O. The molecule has 1 aromatic heterocycles. The number of nitrogens with one attached hydrogen (secondary N) is 3. The molecule has 5 N–H and O–H groups in total. The molecule has 0 fully saturated rings. The zero-order chi connectivity index (χ0) is 17.1. The zero-order valence-electron chi connectivity index (χ0n) is 13.2. The summed E-state index contributed by atoms with van der Waals surface area (Å²) in [6, 6.07) is 15.0. The smallest absolute Gasteiger partial charge is 0.221 e. The normalized spacial score (nSPS) is 10.5. The van der Waals surface area contributed by atoms with Gasteiger partial charge in [0.25, 0.3) is 0 Å². The molecule has 0 aliphatic carbocycles. The molecule has 0 aliphatic heterocycles. The number of anilines is 2. The number of nitrogen functional groups attached to an aromatic ring is 1. The second-order valence-electron chi connectivity index (χ2n) is 5.34. The van der Waals surface area contributed by atoms with E-state index in [4.69, 9.17) is 11.1 Å².